The zero-order valence-electron chi connectivity index (χ0n) is 13.6. The van der Waals surface area contributed by atoms with Crippen molar-refractivity contribution < 1.29 is 14.3 Å². The molecule has 1 spiro atoms. The molecule has 2 aliphatic rings. The number of piperidine rings is 2. The maximum absolute atomic E-state index is 12.6. The van der Waals surface area contributed by atoms with E-state index in [9.17, 15) is 9.59 Å². The Hall–Kier alpha value is -1.89. The zero-order chi connectivity index (χ0) is 16.3. The molecule has 23 heavy (non-hydrogen) atoms. The van der Waals surface area contributed by atoms with Crippen LogP contribution >= 0.6 is 0 Å². The lowest BCUT2D eigenvalue weighted by Gasteiger charge is -2.52. The number of nitrogens with zero attached hydrogens (tertiary/aromatic N) is 3. The van der Waals surface area contributed by atoms with Gasteiger partial charge in [-0.05, 0) is 25.7 Å². The van der Waals surface area contributed by atoms with Crippen LogP contribution in [0.25, 0.3) is 0 Å². The van der Waals surface area contributed by atoms with Gasteiger partial charge in [0, 0.05) is 33.2 Å². The lowest BCUT2D eigenvalue weighted by molar-refractivity contribution is -0.146. The SMILES string of the molecule is COCCN1C(=O)CCC[C@@]12CCCN(C(=O)c1cnc[nH]1)C2. The Labute approximate surface area is 136 Å². The van der Waals surface area contributed by atoms with Crippen LogP contribution in [-0.2, 0) is 9.53 Å². The summed E-state index contributed by atoms with van der Waals surface area (Å²) in [6.07, 6.45) is 7.38. The molecule has 7 heteroatoms. The van der Waals surface area contributed by atoms with E-state index in [-0.39, 0.29) is 17.4 Å². The lowest BCUT2D eigenvalue weighted by Crippen LogP contribution is -2.63. The molecular weight excluding hydrogens is 296 g/mol. The number of aromatic amines is 1. The molecule has 7 nitrogen and oxygen atoms in total. The van der Waals surface area contributed by atoms with E-state index < -0.39 is 0 Å². The van der Waals surface area contributed by atoms with E-state index >= 15 is 0 Å². The van der Waals surface area contributed by atoms with Crippen LogP contribution in [0.5, 0.6) is 0 Å². The monoisotopic (exact) mass is 320 g/mol. The average Bonchev–Trinajstić information content (AvgIpc) is 3.08. The topological polar surface area (TPSA) is 78.5 Å². The summed E-state index contributed by atoms with van der Waals surface area (Å²) in [5.41, 5.74) is 0.273. The molecule has 1 aromatic rings. The van der Waals surface area contributed by atoms with Crippen molar-refractivity contribution in [2.24, 2.45) is 0 Å². The number of likely N-dealkylation sites (tertiary alicyclic amines) is 2. The molecule has 3 rings (SSSR count). The molecule has 0 unspecified atom stereocenters. The Morgan fingerprint density at radius 1 is 1.43 bits per heavy atom. The van der Waals surface area contributed by atoms with Gasteiger partial charge in [0.2, 0.25) is 5.91 Å². The second-order valence-corrected chi connectivity index (χ2v) is 6.41. The molecule has 0 aliphatic carbocycles. The number of rotatable bonds is 4. The van der Waals surface area contributed by atoms with E-state index in [1.165, 1.54) is 6.33 Å². The number of aromatic nitrogens is 2. The third kappa shape index (κ3) is 3.10. The number of imidazole rings is 1. The molecule has 0 bridgehead atoms. The number of carbonyl (C=O) groups excluding carboxylic acids is 2. The Kier molecular flexibility index (Phi) is 4.66. The van der Waals surface area contributed by atoms with Crippen LogP contribution in [-0.4, -0.2) is 70.5 Å². The summed E-state index contributed by atoms with van der Waals surface area (Å²) in [7, 11) is 1.65. The van der Waals surface area contributed by atoms with Crippen molar-refractivity contribution >= 4 is 11.8 Å². The van der Waals surface area contributed by atoms with Gasteiger partial charge in [0.15, 0.2) is 0 Å². The highest BCUT2D eigenvalue weighted by atomic mass is 16.5. The van der Waals surface area contributed by atoms with Crippen molar-refractivity contribution in [3.63, 3.8) is 0 Å². The first kappa shape index (κ1) is 16.0. The Balaban J connectivity index is 1.79. The minimum Gasteiger partial charge on any atom is -0.383 e. The first-order valence-electron chi connectivity index (χ1n) is 8.23. The van der Waals surface area contributed by atoms with Gasteiger partial charge in [-0.3, -0.25) is 9.59 Å². The molecule has 2 amide bonds. The molecule has 2 aliphatic heterocycles. The summed E-state index contributed by atoms with van der Waals surface area (Å²) >= 11 is 0. The minimum absolute atomic E-state index is 0.0358. The van der Waals surface area contributed by atoms with Crippen LogP contribution in [0.1, 0.15) is 42.6 Å². The molecule has 0 aromatic carbocycles. The van der Waals surface area contributed by atoms with Gasteiger partial charge in [-0.1, -0.05) is 0 Å². The summed E-state index contributed by atoms with van der Waals surface area (Å²) in [5, 5.41) is 0. The first-order chi connectivity index (χ1) is 11.2. The molecule has 1 aromatic heterocycles. The summed E-state index contributed by atoms with van der Waals surface area (Å²) in [4.78, 5) is 35.7. The van der Waals surface area contributed by atoms with E-state index in [1.54, 1.807) is 13.3 Å². The normalized spacial score (nSPS) is 25.2. The standard InChI is InChI=1S/C16H24N4O3/c1-23-9-8-20-14(21)4-2-5-16(20)6-3-7-19(11-16)15(22)13-10-17-12-18-13/h10,12H,2-9,11H2,1H3,(H,17,18)/t16-/m0/s1. The molecule has 1 atom stereocenters. The molecule has 2 saturated heterocycles. The highest BCUT2D eigenvalue weighted by Crippen LogP contribution is 2.36. The van der Waals surface area contributed by atoms with Crippen molar-refractivity contribution in [1.82, 2.24) is 19.8 Å². The van der Waals surface area contributed by atoms with Crippen molar-refractivity contribution in [3.8, 4) is 0 Å². The highest BCUT2D eigenvalue weighted by molar-refractivity contribution is 5.92. The molecule has 126 valence electrons. The lowest BCUT2D eigenvalue weighted by atomic mass is 9.79. The van der Waals surface area contributed by atoms with Gasteiger partial charge >= 0.3 is 0 Å². The second kappa shape index (κ2) is 6.70. The van der Waals surface area contributed by atoms with Crippen LogP contribution in [0.3, 0.4) is 0 Å². The minimum atomic E-state index is -0.234. The zero-order valence-corrected chi connectivity index (χ0v) is 13.6. The number of nitrogens with one attached hydrogen (secondary N) is 1. The van der Waals surface area contributed by atoms with E-state index in [1.807, 2.05) is 9.80 Å². The van der Waals surface area contributed by atoms with E-state index in [0.717, 1.165) is 32.2 Å². The fraction of sp³-hybridized carbons (Fsp3) is 0.688. The number of hydrogen-bond acceptors (Lipinski definition) is 4. The molecule has 0 radical (unpaired) electrons. The Morgan fingerprint density at radius 3 is 3.00 bits per heavy atom. The third-order valence-electron chi connectivity index (χ3n) is 5.00. The van der Waals surface area contributed by atoms with Crippen molar-refractivity contribution in [1.29, 1.82) is 0 Å². The molecule has 1 N–H and O–H groups in total. The van der Waals surface area contributed by atoms with Crippen LogP contribution in [0.15, 0.2) is 12.5 Å². The highest BCUT2D eigenvalue weighted by Gasteiger charge is 2.45. The van der Waals surface area contributed by atoms with Crippen molar-refractivity contribution in [3.05, 3.63) is 18.2 Å². The Bertz CT molecular complexity index is 556. The third-order valence-corrected chi connectivity index (χ3v) is 5.00. The summed E-state index contributed by atoms with van der Waals surface area (Å²) in [6.45, 7) is 2.45. The summed E-state index contributed by atoms with van der Waals surface area (Å²) in [6, 6.07) is 0. The van der Waals surface area contributed by atoms with Gasteiger partial charge in [-0.15, -0.1) is 0 Å². The van der Waals surface area contributed by atoms with Crippen molar-refractivity contribution in [2.75, 3.05) is 33.4 Å². The molecule has 2 fully saturated rings. The number of ether oxygens (including phenoxy) is 1. The van der Waals surface area contributed by atoms with E-state index in [2.05, 4.69) is 9.97 Å². The molecule has 0 saturated carbocycles. The van der Waals surface area contributed by atoms with Crippen LogP contribution in [0.4, 0.5) is 0 Å². The fourth-order valence-electron chi connectivity index (χ4n) is 3.90. The van der Waals surface area contributed by atoms with Crippen LogP contribution in [0.2, 0.25) is 0 Å². The van der Waals surface area contributed by atoms with Gasteiger partial charge in [0.05, 0.1) is 24.7 Å². The van der Waals surface area contributed by atoms with Gasteiger partial charge in [0.25, 0.3) is 5.91 Å². The van der Waals surface area contributed by atoms with Crippen LogP contribution in [0, 0.1) is 0 Å². The van der Waals surface area contributed by atoms with Gasteiger partial charge < -0.3 is 19.5 Å². The second-order valence-electron chi connectivity index (χ2n) is 6.41. The number of carbonyl (C=O) groups is 2. The van der Waals surface area contributed by atoms with Gasteiger partial charge in [-0.25, -0.2) is 4.98 Å². The number of hydrogen-bond donors (Lipinski definition) is 1. The first-order valence-corrected chi connectivity index (χ1v) is 8.23. The summed E-state index contributed by atoms with van der Waals surface area (Å²) in [5.74, 6) is 0.149. The maximum Gasteiger partial charge on any atom is 0.271 e. The maximum atomic E-state index is 12.6. The quantitative estimate of drug-likeness (QED) is 0.899. The fourth-order valence-corrected chi connectivity index (χ4v) is 3.90. The Morgan fingerprint density at radius 2 is 2.26 bits per heavy atom. The predicted octanol–water partition coefficient (Wildman–Crippen LogP) is 1.04. The largest absolute Gasteiger partial charge is 0.383 e. The van der Waals surface area contributed by atoms with Crippen LogP contribution < -0.4 is 0 Å². The predicted molar refractivity (Wildman–Crippen MR) is 83.9 cm³/mol. The molecular formula is C16H24N4O3. The average molecular weight is 320 g/mol. The number of methoxy groups -OCH3 is 1. The number of H-pyrrole nitrogens is 1. The van der Waals surface area contributed by atoms with Gasteiger partial charge in [0.1, 0.15) is 5.69 Å². The van der Waals surface area contributed by atoms with E-state index in [0.29, 0.717) is 31.8 Å². The smallest absolute Gasteiger partial charge is 0.271 e. The molecule has 3 heterocycles. The van der Waals surface area contributed by atoms with Gasteiger partial charge in [-0.2, -0.15) is 0 Å². The van der Waals surface area contributed by atoms with E-state index in [4.69, 9.17) is 4.74 Å². The number of amides is 2. The van der Waals surface area contributed by atoms with Crippen molar-refractivity contribution in [2.45, 2.75) is 37.6 Å². The summed E-state index contributed by atoms with van der Waals surface area (Å²) < 4.78 is 5.17.